The summed E-state index contributed by atoms with van der Waals surface area (Å²) in [5.74, 6) is 0.954. The van der Waals surface area contributed by atoms with Crippen molar-refractivity contribution in [2.75, 3.05) is 20.1 Å². The number of guanidine groups is 1. The molecule has 4 nitrogen and oxygen atoms in total. The van der Waals surface area contributed by atoms with Crippen LogP contribution in [0.15, 0.2) is 35.3 Å². The zero-order valence-corrected chi connectivity index (χ0v) is 18.0. The standard InChI is InChI=1S/C18H26N4S.HI/c1-5-19-18(22(4)13-16-9-7-6-8-10-16)20-12-11-17-14(2)21-15(3)23-17;/h6-10H,5,11-13H2,1-4H3,(H,19,20);1H. The lowest BCUT2D eigenvalue weighted by molar-refractivity contribution is 0.477. The Balaban J connectivity index is 0.00000288. The first-order chi connectivity index (χ1) is 11.1. The second-order valence-electron chi connectivity index (χ2n) is 5.57. The Morgan fingerprint density at radius 3 is 2.54 bits per heavy atom. The van der Waals surface area contributed by atoms with Gasteiger partial charge in [-0.25, -0.2) is 4.98 Å². The third kappa shape index (κ3) is 6.39. The van der Waals surface area contributed by atoms with Gasteiger partial charge in [-0.15, -0.1) is 35.3 Å². The van der Waals surface area contributed by atoms with Crippen LogP contribution in [0.4, 0.5) is 0 Å². The van der Waals surface area contributed by atoms with Crippen molar-refractivity contribution in [1.29, 1.82) is 0 Å². The molecule has 0 bridgehead atoms. The first-order valence-electron chi connectivity index (χ1n) is 8.06. The molecule has 0 fully saturated rings. The van der Waals surface area contributed by atoms with Crippen molar-refractivity contribution in [1.82, 2.24) is 15.2 Å². The Kier molecular flexibility index (Phi) is 9.28. The SMILES string of the molecule is CCNC(=NCCc1sc(C)nc1C)N(C)Cc1ccccc1.I. The van der Waals surface area contributed by atoms with Crippen LogP contribution in [0.5, 0.6) is 0 Å². The molecule has 2 aromatic rings. The summed E-state index contributed by atoms with van der Waals surface area (Å²) in [7, 11) is 2.08. The summed E-state index contributed by atoms with van der Waals surface area (Å²) in [5.41, 5.74) is 2.43. The molecule has 0 atom stereocenters. The molecule has 1 N–H and O–H groups in total. The van der Waals surface area contributed by atoms with E-state index >= 15 is 0 Å². The van der Waals surface area contributed by atoms with E-state index in [1.807, 2.05) is 6.07 Å². The molecular weight excluding hydrogens is 431 g/mol. The van der Waals surface area contributed by atoms with Gasteiger partial charge in [0.05, 0.1) is 10.7 Å². The Hall–Kier alpha value is -1.15. The number of aryl methyl sites for hydroxylation is 2. The number of halogens is 1. The van der Waals surface area contributed by atoms with Crippen LogP contribution in [-0.4, -0.2) is 36.0 Å². The smallest absolute Gasteiger partial charge is 0.193 e. The molecule has 1 heterocycles. The van der Waals surface area contributed by atoms with E-state index in [1.54, 1.807) is 11.3 Å². The lowest BCUT2D eigenvalue weighted by Gasteiger charge is -2.22. The van der Waals surface area contributed by atoms with Crippen molar-refractivity contribution in [3.8, 4) is 0 Å². The van der Waals surface area contributed by atoms with Gasteiger partial charge in [0, 0.05) is 38.0 Å². The van der Waals surface area contributed by atoms with Gasteiger partial charge in [0.15, 0.2) is 5.96 Å². The van der Waals surface area contributed by atoms with E-state index in [4.69, 9.17) is 4.99 Å². The number of rotatable bonds is 6. The van der Waals surface area contributed by atoms with E-state index in [2.05, 4.69) is 67.3 Å². The quantitative estimate of drug-likeness (QED) is 0.404. The zero-order valence-electron chi connectivity index (χ0n) is 14.9. The minimum absolute atomic E-state index is 0. The van der Waals surface area contributed by atoms with E-state index in [9.17, 15) is 0 Å². The number of nitrogens with one attached hydrogen (secondary N) is 1. The maximum atomic E-state index is 4.77. The average molecular weight is 458 g/mol. The Bertz CT molecular complexity index is 640. The third-order valence-electron chi connectivity index (χ3n) is 3.56. The molecule has 0 amide bonds. The third-order valence-corrected chi connectivity index (χ3v) is 4.69. The highest BCUT2D eigenvalue weighted by Gasteiger charge is 2.07. The fourth-order valence-corrected chi connectivity index (χ4v) is 3.40. The van der Waals surface area contributed by atoms with Crippen molar-refractivity contribution in [2.24, 2.45) is 4.99 Å². The van der Waals surface area contributed by atoms with Gasteiger partial charge in [-0.05, 0) is 26.3 Å². The normalized spacial score (nSPS) is 11.1. The minimum Gasteiger partial charge on any atom is -0.357 e. The lowest BCUT2D eigenvalue weighted by atomic mass is 10.2. The summed E-state index contributed by atoms with van der Waals surface area (Å²) in [6.07, 6.45) is 0.950. The molecule has 0 radical (unpaired) electrons. The number of nitrogens with zero attached hydrogens (tertiary/aromatic N) is 3. The van der Waals surface area contributed by atoms with Gasteiger partial charge in [0.2, 0.25) is 0 Å². The molecule has 0 saturated heterocycles. The Labute approximate surface area is 166 Å². The van der Waals surface area contributed by atoms with Crippen molar-refractivity contribution >= 4 is 41.3 Å². The van der Waals surface area contributed by atoms with E-state index in [0.29, 0.717) is 0 Å². The van der Waals surface area contributed by atoms with Gasteiger partial charge < -0.3 is 10.2 Å². The van der Waals surface area contributed by atoms with Crippen LogP contribution in [-0.2, 0) is 13.0 Å². The number of aliphatic imine (C=N–C) groups is 1. The van der Waals surface area contributed by atoms with Crippen molar-refractivity contribution in [2.45, 2.75) is 33.7 Å². The minimum atomic E-state index is 0. The molecule has 0 aliphatic rings. The Morgan fingerprint density at radius 2 is 1.96 bits per heavy atom. The van der Waals surface area contributed by atoms with Crippen molar-refractivity contribution in [3.63, 3.8) is 0 Å². The van der Waals surface area contributed by atoms with Gasteiger partial charge in [0.1, 0.15) is 0 Å². The van der Waals surface area contributed by atoms with Gasteiger partial charge in [-0.1, -0.05) is 30.3 Å². The molecular formula is C18H27IN4S. The molecule has 0 aliphatic heterocycles. The first-order valence-corrected chi connectivity index (χ1v) is 8.88. The maximum absolute atomic E-state index is 4.77. The molecule has 6 heteroatoms. The van der Waals surface area contributed by atoms with E-state index in [0.717, 1.165) is 42.7 Å². The lowest BCUT2D eigenvalue weighted by Crippen LogP contribution is -2.38. The maximum Gasteiger partial charge on any atom is 0.193 e. The molecule has 24 heavy (non-hydrogen) atoms. The molecule has 2 rings (SSSR count). The van der Waals surface area contributed by atoms with Crippen LogP contribution in [0.2, 0.25) is 0 Å². The largest absolute Gasteiger partial charge is 0.357 e. The highest BCUT2D eigenvalue weighted by atomic mass is 127. The fourth-order valence-electron chi connectivity index (χ4n) is 2.47. The van der Waals surface area contributed by atoms with Gasteiger partial charge in [-0.3, -0.25) is 4.99 Å². The topological polar surface area (TPSA) is 40.5 Å². The van der Waals surface area contributed by atoms with E-state index in [1.165, 1.54) is 10.4 Å². The predicted octanol–water partition coefficient (Wildman–Crippen LogP) is 4.02. The van der Waals surface area contributed by atoms with Crippen LogP contribution >= 0.6 is 35.3 Å². The van der Waals surface area contributed by atoms with Crippen molar-refractivity contribution < 1.29 is 0 Å². The highest BCUT2D eigenvalue weighted by Crippen LogP contribution is 2.17. The van der Waals surface area contributed by atoms with Gasteiger partial charge >= 0.3 is 0 Å². The monoisotopic (exact) mass is 458 g/mol. The molecule has 132 valence electrons. The van der Waals surface area contributed by atoms with Crippen LogP contribution in [0.25, 0.3) is 0 Å². The highest BCUT2D eigenvalue weighted by molar-refractivity contribution is 14.0. The zero-order chi connectivity index (χ0) is 16.7. The average Bonchev–Trinajstić information content (AvgIpc) is 2.85. The summed E-state index contributed by atoms with van der Waals surface area (Å²) in [6, 6.07) is 10.5. The van der Waals surface area contributed by atoms with E-state index in [-0.39, 0.29) is 24.0 Å². The number of hydrogen-bond acceptors (Lipinski definition) is 3. The summed E-state index contributed by atoms with van der Waals surface area (Å²) in [6.45, 7) is 8.74. The number of benzene rings is 1. The predicted molar refractivity (Wildman–Crippen MR) is 115 cm³/mol. The molecule has 0 aliphatic carbocycles. The van der Waals surface area contributed by atoms with Crippen LogP contribution in [0, 0.1) is 13.8 Å². The number of hydrogen-bond donors (Lipinski definition) is 1. The summed E-state index contributed by atoms with van der Waals surface area (Å²) in [4.78, 5) is 12.8. The van der Waals surface area contributed by atoms with Crippen molar-refractivity contribution in [3.05, 3.63) is 51.5 Å². The molecule has 0 saturated carbocycles. The van der Waals surface area contributed by atoms with Gasteiger partial charge in [-0.2, -0.15) is 0 Å². The van der Waals surface area contributed by atoms with Crippen LogP contribution in [0.3, 0.4) is 0 Å². The molecule has 1 aromatic heterocycles. The second kappa shape index (κ2) is 10.7. The Morgan fingerprint density at radius 1 is 1.25 bits per heavy atom. The second-order valence-corrected chi connectivity index (χ2v) is 6.86. The number of thiazole rings is 1. The van der Waals surface area contributed by atoms with Gasteiger partial charge in [0.25, 0.3) is 0 Å². The first kappa shape index (κ1) is 20.9. The number of aromatic nitrogens is 1. The molecule has 0 spiro atoms. The summed E-state index contributed by atoms with van der Waals surface area (Å²) in [5, 5.41) is 4.51. The summed E-state index contributed by atoms with van der Waals surface area (Å²) >= 11 is 1.78. The van der Waals surface area contributed by atoms with E-state index < -0.39 is 0 Å². The fraction of sp³-hybridized carbons (Fsp3) is 0.444. The molecule has 1 aromatic carbocycles. The van der Waals surface area contributed by atoms with Crippen LogP contribution in [0.1, 0.15) is 28.1 Å². The summed E-state index contributed by atoms with van der Waals surface area (Å²) < 4.78 is 0. The molecule has 0 unspecified atom stereocenters. The van der Waals surface area contributed by atoms with Crippen LogP contribution < -0.4 is 5.32 Å².